The SMILES string of the molecule is COc1cc(OCc2ccccn2)ccc1/C=C/CCC/C=C/c1cccn1C. The van der Waals surface area contributed by atoms with Gasteiger partial charge in [0.25, 0.3) is 0 Å². The van der Waals surface area contributed by atoms with Gasteiger partial charge in [0.15, 0.2) is 0 Å². The molecule has 3 aromatic rings. The summed E-state index contributed by atoms with van der Waals surface area (Å²) in [7, 11) is 3.74. The zero-order valence-electron chi connectivity index (χ0n) is 17.1. The van der Waals surface area contributed by atoms with Gasteiger partial charge in [0.05, 0.1) is 12.8 Å². The van der Waals surface area contributed by atoms with Crippen LogP contribution in [0.4, 0.5) is 0 Å². The van der Waals surface area contributed by atoms with Crippen molar-refractivity contribution in [1.82, 2.24) is 9.55 Å². The van der Waals surface area contributed by atoms with E-state index in [0.717, 1.165) is 42.0 Å². The summed E-state index contributed by atoms with van der Waals surface area (Å²) >= 11 is 0. The van der Waals surface area contributed by atoms with E-state index in [1.165, 1.54) is 5.69 Å². The van der Waals surface area contributed by atoms with Crippen LogP contribution in [0.15, 0.2) is 73.1 Å². The summed E-state index contributed by atoms with van der Waals surface area (Å²) in [6.45, 7) is 0.440. The lowest BCUT2D eigenvalue weighted by atomic mass is 10.1. The van der Waals surface area contributed by atoms with Crippen molar-refractivity contribution in [3.63, 3.8) is 0 Å². The molecule has 0 fully saturated rings. The summed E-state index contributed by atoms with van der Waals surface area (Å²) in [5, 5.41) is 0. The predicted octanol–water partition coefficient (Wildman–Crippen LogP) is 5.90. The van der Waals surface area contributed by atoms with E-state index >= 15 is 0 Å². The monoisotopic (exact) mass is 388 g/mol. The first-order valence-corrected chi connectivity index (χ1v) is 9.91. The number of hydrogen-bond acceptors (Lipinski definition) is 3. The van der Waals surface area contributed by atoms with Crippen LogP contribution in [0.1, 0.15) is 36.2 Å². The van der Waals surface area contributed by atoms with Gasteiger partial charge in [0, 0.05) is 36.8 Å². The number of aromatic nitrogens is 2. The van der Waals surface area contributed by atoms with Crippen molar-refractivity contribution in [2.24, 2.45) is 7.05 Å². The Morgan fingerprint density at radius 2 is 1.86 bits per heavy atom. The van der Waals surface area contributed by atoms with Crippen molar-refractivity contribution in [2.45, 2.75) is 25.9 Å². The average Bonchev–Trinajstić information content (AvgIpc) is 3.17. The van der Waals surface area contributed by atoms with Crippen molar-refractivity contribution >= 4 is 12.2 Å². The molecule has 2 aromatic heterocycles. The molecule has 0 bridgehead atoms. The summed E-state index contributed by atoms with van der Waals surface area (Å²) in [5.41, 5.74) is 3.18. The van der Waals surface area contributed by atoms with Crippen LogP contribution in [0, 0.1) is 0 Å². The smallest absolute Gasteiger partial charge is 0.130 e. The normalized spacial score (nSPS) is 11.4. The number of unbranched alkanes of at least 4 members (excludes halogenated alkanes) is 2. The lowest BCUT2D eigenvalue weighted by Crippen LogP contribution is -1.98. The minimum Gasteiger partial charge on any atom is -0.496 e. The van der Waals surface area contributed by atoms with Gasteiger partial charge in [-0.25, -0.2) is 0 Å². The van der Waals surface area contributed by atoms with Crippen LogP contribution in [0.25, 0.3) is 12.2 Å². The molecule has 0 aliphatic rings. The Bertz CT molecular complexity index is 942. The van der Waals surface area contributed by atoms with Crippen molar-refractivity contribution in [3.8, 4) is 11.5 Å². The summed E-state index contributed by atoms with van der Waals surface area (Å²) in [4.78, 5) is 4.27. The van der Waals surface area contributed by atoms with E-state index < -0.39 is 0 Å². The Morgan fingerprint density at radius 3 is 2.59 bits per heavy atom. The molecular weight excluding hydrogens is 360 g/mol. The summed E-state index contributed by atoms with van der Waals surface area (Å²) in [6.07, 6.45) is 15.8. The van der Waals surface area contributed by atoms with Crippen molar-refractivity contribution < 1.29 is 9.47 Å². The van der Waals surface area contributed by atoms with Gasteiger partial charge in [-0.05, 0) is 61.7 Å². The standard InChI is InChI=1S/C25H28N2O2/c1-27-18-10-14-23(27)13-7-5-3-4-6-11-21-15-16-24(19-25(21)28-2)29-20-22-12-8-9-17-26-22/h6-19H,3-5,20H2,1-2H3/b11-6+,13-7+. The maximum atomic E-state index is 5.82. The molecule has 150 valence electrons. The molecule has 0 unspecified atom stereocenters. The van der Waals surface area contributed by atoms with Gasteiger partial charge in [0.1, 0.15) is 18.1 Å². The Balaban J connectivity index is 1.47. The molecule has 0 saturated heterocycles. The highest BCUT2D eigenvalue weighted by atomic mass is 16.5. The maximum absolute atomic E-state index is 5.82. The molecule has 0 amide bonds. The maximum Gasteiger partial charge on any atom is 0.130 e. The number of benzene rings is 1. The number of hydrogen-bond donors (Lipinski definition) is 0. The van der Waals surface area contributed by atoms with E-state index in [2.05, 4.69) is 59.2 Å². The van der Waals surface area contributed by atoms with Gasteiger partial charge >= 0.3 is 0 Å². The number of pyridine rings is 1. The first-order valence-electron chi connectivity index (χ1n) is 9.91. The Labute approximate surface area is 173 Å². The van der Waals surface area contributed by atoms with Crippen LogP contribution in [-0.4, -0.2) is 16.7 Å². The Morgan fingerprint density at radius 1 is 1.00 bits per heavy atom. The molecule has 0 radical (unpaired) electrons. The largest absolute Gasteiger partial charge is 0.496 e. The fourth-order valence-corrected chi connectivity index (χ4v) is 2.98. The molecule has 29 heavy (non-hydrogen) atoms. The van der Waals surface area contributed by atoms with E-state index in [0.29, 0.717) is 6.61 Å². The van der Waals surface area contributed by atoms with E-state index in [1.807, 2.05) is 36.4 Å². The first-order chi connectivity index (χ1) is 14.3. The van der Waals surface area contributed by atoms with Gasteiger partial charge in [-0.1, -0.05) is 24.3 Å². The summed E-state index contributed by atoms with van der Waals surface area (Å²) in [5.74, 6) is 1.58. The number of rotatable bonds is 10. The van der Waals surface area contributed by atoms with Crippen molar-refractivity contribution in [3.05, 3.63) is 90.0 Å². The van der Waals surface area contributed by atoms with Crippen LogP contribution in [0.5, 0.6) is 11.5 Å². The van der Waals surface area contributed by atoms with Gasteiger partial charge in [-0.3, -0.25) is 4.98 Å². The lowest BCUT2D eigenvalue weighted by molar-refractivity contribution is 0.299. The summed E-state index contributed by atoms with van der Waals surface area (Å²) < 4.78 is 13.5. The van der Waals surface area contributed by atoms with E-state index in [4.69, 9.17) is 9.47 Å². The third-order valence-electron chi connectivity index (χ3n) is 4.63. The van der Waals surface area contributed by atoms with E-state index in [1.54, 1.807) is 13.3 Å². The van der Waals surface area contributed by atoms with Crippen LogP contribution in [0.2, 0.25) is 0 Å². The molecule has 0 aliphatic heterocycles. The number of nitrogens with zero attached hydrogens (tertiary/aromatic N) is 2. The second-order valence-corrected chi connectivity index (χ2v) is 6.79. The zero-order chi connectivity index (χ0) is 20.3. The zero-order valence-corrected chi connectivity index (χ0v) is 17.1. The van der Waals surface area contributed by atoms with Crippen LogP contribution >= 0.6 is 0 Å². The third-order valence-corrected chi connectivity index (χ3v) is 4.63. The van der Waals surface area contributed by atoms with Gasteiger partial charge in [-0.15, -0.1) is 0 Å². The van der Waals surface area contributed by atoms with Crippen molar-refractivity contribution in [2.75, 3.05) is 7.11 Å². The number of aryl methyl sites for hydroxylation is 1. The molecule has 0 N–H and O–H groups in total. The minimum atomic E-state index is 0.440. The lowest BCUT2D eigenvalue weighted by Gasteiger charge is -2.10. The number of ether oxygens (including phenoxy) is 2. The van der Waals surface area contributed by atoms with E-state index in [-0.39, 0.29) is 0 Å². The van der Waals surface area contributed by atoms with Crippen LogP contribution in [-0.2, 0) is 13.7 Å². The number of methoxy groups -OCH3 is 1. The molecule has 4 heteroatoms. The van der Waals surface area contributed by atoms with Gasteiger partial charge < -0.3 is 14.0 Å². The quantitative estimate of drug-likeness (QED) is 0.405. The highest BCUT2D eigenvalue weighted by Crippen LogP contribution is 2.26. The molecule has 1 aromatic carbocycles. The molecule has 0 saturated carbocycles. The fraction of sp³-hybridized carbons (Fsp3) is 0.240. The second kappa shape index (κ2) is 10.9. The summed E-state index contributed by atoms with van der Waals surface area (Å²) in [6, 6.07) is 15.9. The Kier molecular flexibility index (Phi) is 7.70. The number of allylic oxidation sites excluding steroid dienone is 2. The van der Waals surface area contributed by atoms with Crippen LogP contribution in [0.3, 0.4) is 0 Å². The molecule has 0 atom stereocenters. The fourth-order valence-electron chi connectivity index (χ4n) is 2.98. The predicted molar refractivity (Wildman–Crippen MR) is 119 cm³/mol. The molecular formula is C25H28N2O2. The van der Waals surface area contributed by atoms with Gasteiger partial charge in [-0.2, -0.15) is 0 Å². The van der Waals surface area contributed by atoms with E-state index in [9.17, 15) is 0 Å². The molecule has 3 rings (SSSR count). The highest BCUT2D eigenvalue weighted by Gasteiger charge is 2.03. The second-order valence-electron chi connectivity index (χ2n) is 6.79. The third kappa shape index (κ3) is 6.39. The Hall–Kier alpha value is -3.27. The highest BCUT2D eigenvalue weighted by molar-refractivity contribution is 5.59. The van der Waals surface area contributed by atoms with Crippen LogP contribution < -0.4 is 9.47 Å². The molecule has 0 aliphatic carbocycles. The average molecular weight is 389 g/mol. The first kappa shape index (κ1) is 20.5. The van der Waals surface area contributed by atoms with Crippen molar-refractivity contribution in [1.29, 1.82) is 0 Å². The molecule has 0 spiro atoms. The minimum absolute atomic E-state index is 0.440. The molecule has 2 heterocycles. The molecule has 4 nitrogen and oxygen atoms in total. The van der Waals surface area contributed by atoms with Gasteiger partial charge in [0.2, 0.25) is 0 Å². The topological polar surface area (TPSA) is 36.3 Å².